The molecule has 2 aromatic heterocycles. The van der Waals surface area contributed by atoms with Crippen molar-refractivity contribution in [2.24, 2.45) is 0 Å². The molecule has 5 nitrogen and oxygen atoms in total. The van der Waals surface area contributed by atoms with Crippen LogP contribution >= 0.6 is 7.60 Å². The molecule has 2 N–H and O–H groups in total. The van der Waals surface area contributed by atoms with Crippen LogP contribution in [-0.2, 0) is 9.09 Å². The quantitative estimate of drug-likeness (QED) is 0.727. The zero-order valence-corrected chi connectivity index (χ0v) is 12.1. The fourth-order valence-electron chi connectivity index (χ4n) is 2.42. The van der Waals surface area contributed by atoms with Crippen molar-refractivity contribution in [1.29, 1.82) is 0 Å². The van der Waals surface area contributed by atoms with E-state index in [9.17, 15) is 9.46 Å². The van der Waals surface area contributed by atoms with Gasteiger partial charge in [0.25, 0.3) is 0 Å². The first-order valence-electron chi connectivity index (χ1n) is 6.38. The van der Waals surface area contributed by atoms with E-state index in [-0.39, 0.29) is 12.0 Å². The minimum Gasteiger partial charge on any atom is -0.353 e. The molecule has 0 aliphatic rings. The number of rotatable bonds is 3. The van der Waals surface area contributed by atoms with Crippen LogP contribution in [0.1, 0.15) is 12.5 Å². The highest BCUT2D eigenvalue weighted by atomic mass is 31.2. The maximum absolute atomic E-state index is 12.1. The second-order valence-electron chi connectivity index (χ2n) is 4.65. The summed E-state index contributed by atoms with van der Waals surface area (Å²) in [7, 11) is -3.84. The molecule has 3 rings (SSSR count). The molecule has 6 heteroatoms. The molecule has 0 aliphatic heterocycles. The molecule has 1 unspecified atom stereocenters. The number of hydrogen-bond acceptors (Lipinski definition) is 3. The van der Waals surface area contributed by atoms with Crippen molar-refractivity contribution in [3.8, 4) is 0 Å². The lowest BCUT2D eigenvalue weighted by Gasteiger charge is -2.09. The standard InChI is InChI=1S/C14H15N2O3P/c1-3-19-20(17,18)13-7-10-12(8-15-13)16-11-6-4-5-9(2)14(10)11/h4-8,16H,3H2,1-2H3,(H,17,18). The van der Waals surface area contributed by atoms with Crippen LogP contribution in [0.4, 0.5) is 0 Å². The number of aromatic amines is 1. The van der Waals surface area contributed by atoms with Crippen molar-refractivity contribution in [1.82, 2.24) is 9.97 Å². The van der Waals surface area contributed by atoms with Crippen LogP contribution in [0.3, 0.4) is 0 Å². The zero-order valence-electron chi connectivity index (χ0n) is 11.3. The summed E-state index contributed by atoms with van der Waals surface area (Å²) in [5.74, 6) is 0. The maximum atomic E-state index is 12.1. The Morgan fingerprint density at radius 3 is 2.95 bits per heavy atom. The van der Waals surface area contributed by atoms with E-state index in [4.69, 9.17) is 4.52 Å². The first kappa shape index (κ1) is 13.3. The van der Waals surface area contributed by atoms with E-state index in [1.54, 1.807) is 19.2 Å². The minimum atomic E-state index is -3.84. The molecule has 0 aliphatic carbocycles. The molecule has 2 heterocycles. The van der Waals surface area contributed by atoms with E-state index < -0.39 is 7.60 Å². The number of aryl methyl sites for hydroxylation is 1. The molecule has 3 aromatic rings. The van der Waals surface area contributed by atoms with Gasteiger partial charge in [-0.25, -0.2) is 4.98 Å². The molecule has 20 heavy (non-hydrogen) atoms. The number of pyridine rings is 1. The average molecular weight is 290 g/mol. The summed E-state index contributed by atoms with van der Waals surface area (Å²) in [4.78, 5) is 17.2. The number of hydrogen-bond donors (Lipinski definition) is 2. The summed E-state index contributed by atoms with van der Waals surface area (Å²) in [5.41, 5.74) is 3.02. The third kappa shape index (κ3) is 2.04. The predicted molar refractivity (Wildman–Crippen MR) is 79.4 cm³/mol. The molecular formula is C14H15N2O3P. The van der Waals surface area contributed by atoms with E-state index in [1.165, 1.54) is 0 Å². The van der Waals surface area contributed by atoms with Gasteiger partial charge in [-0.3, -0.25) is 4.57 Å². The van der Waals surface area contributed by atoms with E-state index in [0.717, 1.165) is 27.4 Å². The Morgan fingerprint density at radius 2 is 2.20 bits per heavy atom. The normalized spacial score (nSPS) is 14.8. The predicted octanol–water partition coefficient (Wildman–Crippen LogP) is 2.87. The Kier molecular flexibility index (Phi) is 3.13. The van der Waals surface area contributed by atoms with Gasteiger partial charge in [-0.1, -0.05) is 12.1 Å². The van der Waals surface area contributed by atoms with Crippen molar-refractivity contribution < 1.29 is 14.0 Å². The van der Waals surface area contributed by atoms with E-state index in [2.05, 4.69) is 9.97 Å². The third-order valence-corrected chi connectivity index (χ3v) is 4.73. The Morgan fingerprint density at radius 1 is 1.40 bits per heavy atom. The van der Waals surface area contributed by atoms with Crippen molar-refractivity contribution in [3.05, 3.63) is 36.0 Å². The maximum Gasteiger partial charge on any atom is 0.376 e. The van der Waals surface area contributed by atoms with Gasteiger partial charge in [0.15, 0.2) is 5.44 Å². The summed E-state index contributed by atoms with van der Waals surface area (Å²) in [5, 5.41) is 1.93. The van der Waals surface area contributed by atoms with Crippen LogP contribution in [-0.4, -0.2) is 21.5 Å². The van der Waals surface area contributed by atoms with Gasteiger partial charge in [0.2, 0.25) is 0 Å². The smallest absolute Gasteiger partial charge is 0.353 e. The summed E-state index contributed by atoms with van der Waals surface area (Å²) < 4.78 is 17.0. The molecule has 0 saturated heterocycles. The lowest BCUT2D eigenvalue weighted by molar-refractivity contribution is 0.283. The van der Waals surface area contributed by atoms with Crippen molar-refractivity contribution in [3.63, 3.8) is 0 Å². The SMILES string of the molecule is CCOP(=O)(O)c1cc2c(cn1)[nH]c1cccc(C)c12. The molecule has 0 amide bonds. The molecule has 0 spiro atoms. The van der Waals surface area contributed by atoms with E-state index in [0.29, 0.717) is 0 Å². The van der Waals surface area contributed by atoms with Crippen molar-refractivity contribution in [2.75, 3.05) is 6.61 Å². The highest BCUT2D eigenvalue weighted by molar-refractivity contribution is 7.61. The molecule has 0 bridgehead atoms. The van der Waals surface area contributed by atoms with Gasteiger partial charge in [0.1, 0.15) is 0 Å². The molecule has 0 saturated carbocycles. The van der Waals surface area contributed by atoms with Crippen LogP contribution in [0, 0.1) is 6.92 Å². The second kappa shape index (κ2) is 4.70. The van der Waals surface area contributed by atoms with Gasteiger partial charge in [0.05, 0.1) is 18.3 Å². The number of fused-ring (bicyclic) bond motifs is 3. The molecule has 0 fully saturated rings. The number of nitrogens with zero attached hydrogens (tertiary/aromatic N) is 1. The lowest BCUT2D eigenvalue weighted by Crippen LogP contribution is -2.10. The molecule has 0 radical (unpaired) electrons. The summed E-state index contributed by atoms with van der Waals surface area (Å²) in [6, 6.07) is 7.59. The number of aromatic nitrogens is 2. The third-order valence-electron chi connectivity index (χ3n) is 3.29. The van der Waals surface area contributed by atoms with Gasteiger partial charge in [-0.15, -0.1) is 0 Å². The summed E-state index contributed by atoms with van der Waals surface area (Å²) in [6.07, 6.45) is 1.58. The molecule has 1 aromatic carbocycles. The largest absolute Gasteiger partial charge is 0.376 e. The average Bonchev–Trinajstić information content (AvgIpc) is 2.77. The van der Waals surface area contributed by atoms with Crippen molar-refractivity contribution >= 4 is 34.8 Å². The summed E-state index contributed by atoms with van der Waals surface area (Å²) in [6.45, 7) is 3.86. The second-order valence-corrected chi connectivity index (χ2v) is 6.41. The zero-order chi connectivity index (χ0) is 14.3. The minimum absolute atomic E-state index is 0.0796. The fourth-order valence-corrected chi connectivity index (χ4v) is 3.40. The first-order valence-corrected chi connectivity index (χ1v) is 7.95. The van der Waals surface area contributed by atoms with E-state index in [1.807, 2.05) is 25.1 Å². The fraction of sp³-hybridized carbons (Fsp3) is 0.214. The van der Waals surface area contributed by atoms with Crippen LogP contribution in [0.25, 0.3) is 21.8 Å². The molecular weight excluding hydrogens is 275 g/mol. The first-order chi connectivity index (χ1) is 9.53. The number of H-pyrrole nitrogens is 1. The van der Waals surface area contributed by atoms with Gasteiger partial charge >= 0.3 is 7.60 Å². The van der Waals surface area contributed by atoms with Crippen LogP contribution in [0.5, 0.6) is 0 Å². The Balaban J connectivity index is 2.30. The van der Waals surface area contributed by atoms with Crippen LogP contribution < -0.4 is 5.44 Å². The Labute approximate surface area is 116 Å². The number of nitrogens with one attached hydrogen (secondary N) is 1. The van der Waals surface area contributed by atoms with Crippen molar-refractivity contribution in [2.45, 2.75) is 13.8 Å². The monoisotopic (exact) mass is 290 g/mol. The molecule has 1 atom stereocenters. The highest BCUT2D eigenvalue weighted by Crippen LogP contribution is 2.40. The van der Waals surface area contributed by atoms with Crippen LogP contribution in [0.15, 0.2) is 30.5 Å². The highest BCUT2D eigenvalue weighted by Gasteiger charge is 2.24. The lowest BCUT2D eigenvalue weighted by atomic mass is 10.1. The van der Waals surface area contributed by atoms with E-state index >= 15 is 0 Å². The Bertz CT molecular complexity index is 841. The topological polar surface area (TPSA) is 75.2 Å². The number of benzene rings is 1. The van der Waals surface area contributed by atoms with Gasteiger partial charge in [-0.2, -0.15) is 0 Å². The Hall–Kier alpha value is -1.68. The molecule has 104 valence electrons. The van der Waals surface area contributed by atoms with Crippen LogP contribution in [0.2, 0.25) is 0 Å². The summed E-state index contributed by atoms with van der Waals surface area (Å²) >= 11 is 0. The van der Waals surface area contributed by atoms with Gasteiger partial charge < -0.3 is 14.4 Å². The van der Waals surface area contributed by atoms with Gasteiger partial charge in [0, 0.05) is 16.3 Å². The van der Waals surface area contributed by atoms with Gasteiger partial charge in [-0.05, 0) is 31.5 Å².